The SMILES string of the molecule is CCCNC(C)(CO)CCSc1nc(CC)ns1. The van der Waals surface area contributed by atoms with Gasteiger partial charge in [0.1, 0.15) is 5.82 Å². The summed E-state index contributed by atoms with van der Waals surface area (Å²) >= 11 is 3.20. The zero-order valence-electron chi connectivity index (χ0n) is 11.4. The Balaban J connectivity index is 2.34. The topological polar surface area (TPSA) is 58.0 Å². The molecular formula is C12H23N3OS2. The second-order valence-corrected chi connectivity index (χ2v) is 6.67. The Morgan fingerprint density at radius 3 is 2.78 bits per heavy atom. The van der Waals surface area contributed by atoms with Crippen LogP contribution in [0.5, 0.6) is 0 Å². The standard InChI is InChI=1S/C12H23N3OS2/c1-4-7-13-12(3,9-16)6-8-17-11-14-10(5-2)15-18-11/h13,16H,4-9H2,1-3H3. The molecule has 1 unspecified atom stereocenters. The van der Waals surface area contributed by atoms with Gasteiger partial charge in [-0.3, -0.25) is 0 Å². The second-order valence-electron chi connectivity index (χ2n) is 4.57. The number of thioether (sulfide) groups is 1. The van der Waals surface area contributed by atoms with E-state index in [9.17, 15) is 5.11 Å². The number of aliphatic hydroxyl groups excluding tert-OH is 1. The molecule has 4 nitrogen and oxygen atoms in total. The lowest BCUT2D eigenvalue weighted by atomic mass is 10.0. The van der Waals surface area contributed by atoms with Gasteiger partial charge in [0.15, 0.2) is 4.34 Å². The Labute approximate surface area is 118 Å². The number of aryl methyl sites for hydroxylation is 1. The van der Waals surface area contributed by atoms with Gasteiger partial charge in [-0.25, -0.2) is 4.98 Å². The number of hydrogen-bond donors (Lipinski definition) is 2. The van der Waals surface area contributed by atoms with Gasteiger partial charge >= 0.3 is 0 Å². The summed E-state index contributed by atoms with van der Waals surface area (Å²) in [5.74, 6) is 1.88. The molecule has 1 heterocycles. The molecule has 6 heteroatoms. The molecule has 0 bridgehead atoms. The van der Waals surface area contributed by atoms with Crippen LogP contribution >= 0.6 is 23.3 Å². The molecule has 18 heavy (non-hydrogen) atoms. The van der Waals surface area contributed by atoms with Crippen LogP contribution in [0.25, 0.3) is 0 Å². The fourth-order valence-corrected chi connectivity index (χ4v) is 3.42. The van der Waals surface area contributed by atoms with Crippen LogP contribution in [-0.4, -0.2) is 38.9 Å². The lowest BCUT2D eigenvalue weighted by Gasteiger charge is -2.28. The molecule has 0 fully saturated rings. The van der Waals surface area contributed by atoms with Crippen LogP contribution in [0.2, 0.25) is 0 Å². The van der Waals surface area contributed by atoms with Gasteiger partial charge in [-0.2, -0.15) is 4.37 Å². The smallest absolute Gasteiger partial charge is 0.170 e. The van der Waals surface area contributed by atoms with E-state index >= 15 is 0 Å². The van der Waals surface area contributed by atoms with E-state index < -0.39 is 0 Å². The van der Waals surface area contributed by atoms with Crippen molar-refractivity contribution >= 4 is 23.3 Å². The summed E-state index contributed by atoms with van der Waals surface area (Å²) in [6.45, 7) is 7.38. The van der Waals surface area contributed by atoms with Crippen molar-refractivity contribution in [3.8, 4) is 0 Å². The predicted molar refractivity (Wildman–Crippen MR) is 78.4 cm³/mol. The monoisotopic (exact) mass is 289 g/mol. The molecule has 0 amide bonds. The van der Waals surface area contributed by atoms with Gasteiger partial charge in [0.2, 0.25) is 0 Å². The van der Waals surface area contributed by atoms with Gasteiger partial charge in [0.05, 0.1) is 6.61 Å². The van der Waals surface area contributed by atoms with Gasteiger partial charge in [0, 0.05) is 17.7 Å². The summed E-state index contributed by atoms with van der Waals surface area (Å²) in [4.78, 5) is 4.42. The minimum atomic E-state index is -0.179. The molecule has 0 aliphatic rings. The largest absolute Gasteiger partial charge is 0.394 e. The molecule has 2 N–H and O–H groups in total. The van der Waals surface area contributed by atoms with Crippen molar-refractivity contribution in [2.45, 2.75) is 49.9 Å². The van der Waals surface area contributed by atoms with E-state index in [-0.39, 0.29) is 12.1 Å². The van der Waals surface area contributed by atoms with Crippen LogP contribution in [0.4, 0.5) is 0 Å². The van der Waals surface area contributed by atoms with E-state index in [1.807, 2.05) is 0 Å². The first kappa shape index (κ1) is 15.9. The highest BCUT2D eigenvalue weighted by molar-refractivity contribution is 8.00. The minimum absolute atomic E-state index is 0.171. The maximum absolute atomic E-state index is 9.45. The molecule has 0 radical (unpaired) electrons. The highest BCUT2D eigenvalue weighted by atomic mass is 32.2. The number of hydrogen-bond acceptors (Lipinski definition) is 6. The van der Waals surface area contributed by atoms with Crippen molar-refractivity contribution < 1.29 is 5.11 Å². The van der Waals surface area contributed by atoms with Crippen molar-refractivity contribution in [2.75, 3.05) is 18.9 Å². The summed E-state index contributed by atoms with van der Waals surface area (Å²) in [6, 6.07) is 0. The van der Waals surface area contributed by atoms with Crippen LogP contribution in [0.15, 0.2) is 4.34 Å². The summed E-state index contributed by atoms with van der Waals surface area (Å²) in [5.41, 5.74) is -0.179. The molecule has 1 rings (SSSR count). The van der Waals surface area contributed by atoms with Crippen LogP contribution < -0.4 is 5.32 Å². The van der Waals surface area contributed by atoms with Crippen molar-refractivity contribution in [2.24, 2.45) is 0 Å². The van der Waals surface area contributed by atoms with Gasteiger partial charge in [-0.05, 0) is 37.8 Å². The molecule has 1 atom stereocenters. The summed E-state index contributed by atoms with van der Waals surface area (Å²) in [6.07, 6.45) is 2.90. The van der Waals surface area contributed by atoms with E-state index in [0.29, 0.717) is 0 Å². The van der Waals surface area contributed by atoms with Crippen LogP contribution in [0.3, 0.4) is 0 Å². The number of aromatic nitrogens is 2. The maximum Gasteiger partial charge on any atom is 0.170 e. The number of nitrogens with zero attached hydrogens (tertiary/aromatic N) is 2. The number of rotatable bonds is 9. The lowest BCUT2D eigenvalue weighted by molar-refractivity contribution is 0.171. The van der Waals surface area contributed by atoms with E-state index in [1.165, 1.54) is 11.5 Å². The molecular weight excluding hydrogens is 266 g/mol. The Morgan fingerprint density at radius 1 is 1.44 bits per heavy atom. The van der Waals surface area contributed by atoms with Gasteiger partial charge < -0.3 is 10.4 Å². The summed E-state index contributed by atoms with van der Waals surface area (Å²) in [7, 11) is 0. The molecule has 0 aromatic carbocycles. The van der Waals surface area contributed by atoms with E-state index in [0.717, 1.165) is 41.7 Å². The van der Waals surface area contributed by atoms with Gasteiger partial charge in [-0.15, -0.1) is 0 Å². The van der Waals surface area contributed by atoms with Crippen LogP contribution in [0, 0.1) is 0 Å². The molecule has 0 aliphatic carbocycles. The fourth-order valence-electron chi connectivity index (χ4n) is 1.45. The molecule has 104 valence electrons. The van der Waals surface area contributed by atoms with E-state index in [1.54, 1.807) is 11.8 Å². The van der Waals surface area contributed by atoms with Gasteiger partial charge in [-0.1, -0.05) is 25.6 Å². The highest BCUT2D eigenvalue weighted by Crippen LogP contribution is 2.23. The zero-order valence-corrected chi connectivity index (χ0v) is 13.0. The molecule has 0 aliphatic heterocycles. The predicted octanol–water partition coefficient (Wildman–Crippen LogP) is 2.33. The van der Waals surface area contributed by atoms with Crippen molar-refractivity contribution in [3.05, 3.63) is 5.82 Å². The van der Waals surface area contributed by atoms with Crippen molar-refractivity contribution in [3.63, 3.8) is 0 Å². The number of nitrogens with one attached hydrogen (secondary N) is 1. The molecule has 1 aromatic heterocycles. The third-order valence-electron chi connectivity index (χ3n) is 2.80. The first-order valence-corrected chi connectivity index (χ1v) is 8.20. The van der Waals surface area contributed by atoms with Gasteiger partial charge in [0.25, 0.3) is 0 Å². The Hall–Kier alpha value is -0.170. The Kier molecular flexibility index (Phi) is 7.14. The van der Waals surface area contributed by atoms with E-state index in [2.05, 4.69) is 35.4 Å². The van der Waals surface area contributed by atoms with Crippen molar-refractivity contribution in [1.82, 2.24) is 14.7 Å². The quantitative estimate of drug-likeness (QED) is 0.683. The Bertz CT molecular complexity index is 346. The first-order valence-electron chi connectivity index (χ1n) is 6.44. The number of aliphatic hydroxyl groups is 1. The summed E-state index contributed by atoms with van der Waals surface area (Å²) < 4.78 is 5.29. The molecule has 1 aromatic rings. The Morgan fingerprint density at radius 2 is 2.22 bits per heavy atom. The fraction of sp³-hybridized carbons (Fsp3) is 0.833. The van der Waals surface area contributed by atoms with Crippen molar-refractivity contribution in [1.29, 1.82) is 0 Å². The molecule has 0 spiro atoms. The zero-order chi connectivity index (χ0) is 13.4. The maximum atomic E-state index is 9.45. The van der Waals surface area contributed by atoms with E-state index in [4.69, 9.17) is 0 Å². The summed E-state index contributed by atoms with van der Waals surface area (Å²) in [5, 5.41) is 12.9. The third-order valence-corrected chi connectivity index (χ3v) is 4.67. The molecule has 0 saturated carbocycles. The lowest BCUT2D eigenvalue weighted by Crippen LogP contribution is -2.46. The van der Waals surface area contributed by atoms with Crippen LogP contribution in [-0.2, 0) is 6.42 Å². The normalized spacial score (nSPS) is 14.7. The average molecular weight is 289 g/mol. The molecule has 0 saturated heterocycles. The second kappa shape index (κ2) is 8.09. The first-order chi connectivity index (χ1) is 8.63. The average Bonchev–Trinajstić information content (AvgIpc) is 2.84. The minimum Gasteiger partial charge on any atom is -0.394 e. The third kappa shape index (κ3) is 5.22. The highest BCUT2D eigenvalue weighted by Gasteiger charge is 2.21. The van der Waals surface area contributed by atoms with Crippen LogP contribution in [0.1, 0.15) is 39.4 Å².